The first-order valence-electron chi connectivity index (χ1n) is 10.0. The molecule has 0 fully saturated rings. The lowest BCUT2D eigenvalue weighted by atomic mass is 10.1. The van der Waals surface area contributed by atoms with Gasteiger partial charge in [-0.15, -0.1) is 0 Å². The van der Waals surface area contributed by atoms with Crippen LogP contribution in [0.3, 0.4) is 0 Å². The second-order valence-corrected chi connectivity index (χ2v) is 6.99. The number of hydrogen-bond acceptors (Lipinski definition) is 4. The summed E-state index contributed by atoms with van der Waals surface area (Å²) in [6.07, 6.45) is 3.93. The summed E-state index contributed by atoms with van der Waals surface area (Å²) in [7, 11) is 0. The Morgan fingerprint density at radius 1 is 1.00 bits per heavy atom. The maximum atomic E-state index is 12.0. The zero-order valence-corrected chi connectivity index (χ0v) is 17.5. The molecule has 0 unspecified atom stereocenters. The molecule has 0 heterocycles. The summed E-state index contributed by atoms with van der Waals surface area (Å²) in [5.41, 5.74) is 8.00. The highest BCUT2D eigenvalue weighted by Crippen LogP contribution is 2.19. The molecule has 0 aliphatic carbocycles. The molecule has 0 spiro atoms. The van der Waals surface area contributed by atoms with Crippen LogP contribution in [0.15, 0.2) is 47.6 Å². The number of carbonyl (C=O) groups excluding carboxylic acids is 1. The number of benzene rings is 2. The summed E-state index contributed by atoms with van der Waals surface area (Å²) in [6, 6.07) is 14.3. The fraction of sp³-hybridized carbons (Fsp3) is 0.391. The summed E-state index contributed by atoms with van der Waals surface area (Å²) >= 11 is 0. The molecule has 0 saturated carbocycles. The number of hydrazone groups is 1. The van der Waals surface area contributed by atoms with Crippen LogP contribution in [0, 0.1) is 13.8 Å². The molecule has 150 valence electrons. The molecule has 0 aliphatic rings. The van der Waals surface area contributed by atoms with Crippen molar-refractivity contribution in [2.24, 2.45) is 5.10 Å². The molecule has 0 radical (unpaired) electrons. The van der Waals surface area contributed by atoms with Gasteiger partial charge >= 0.3 is 0 Å². The molecule has 2 aromatic carbocycles. The maximum Gasteiger partial charge on any atom is 0.259 e. The minimum atomic E-state index is -0.174. The van der Waals surface area contributed by atoms with Crippen LogP contribution >= 0.6 is 0 Å². The Morgan fingerprint density at radius 2 is 1.61 bits per heavy atom. The Labute approximate surface area is 168 Å². The third-order valence-corrected chi connectivity index (χ3v) is 4.56. The van der Waals surface area contributed by atoms with Crippen LogP contribution in [0.2, 0.25) is 0 Å². The van der Waals surface area contributed by atoms with Gasteiger partial charge in [-0.1, -0.05) is 44.2 Å². The van der Waals surface area contributed by atoms with Crippen molar-refractivity contribution >= 4 is 23.5 Å². The first-order chi connectivity index (χ1) is 13.5. The average molecular weight is 381 g/mol. The van der Waals surface area contributed by atoms with Gasteiger partial charge < -0.3 is 10.2 Å². The first kappa shape index (κ1) is 21.5. The number of aryl methyl sites for hydroxylation is 2. The van der Waals surface area contributed by atoms with Gasteiger partial charge in [-0.3, -0.25) is 4.79 Å². The van der Waals surface area contributed by atoms with E-state index < -0.39 is 0 Å². The molecule has 2 rings (SSSR count). The third kappa shape index (κ3) is 6.41. The van der Waals surface area contributed by atoms with Gasteiger partial charge in [0.05, 0.1) is 12.8 Å². The molecule has 2 N–H and O–H groups in total. The van der Waals surface area contributed by atoms with Gasteiger partial charge in [0.1, 0.15) is 0 Å². The van der Waals surface area contributed by atoms with E-state index in [0.29, 0.717) is 0 Å². The highest BCUT2D eigenvalue weighted by Gasteiger charge is 2.05. The second-order valence-electron chi connectivity index (χ2n) is 6.99. The molecule has 0 bridgehead atoms. The summed E-state index contributed by atoms with van der Waals surface area (Å²) in [6.45, 7) is 10.7. The summed E-state index contributed by atoms with van der Waals surface area (Å²) in [5, 5.41) is 7.25. The van der Waals surface area contributed by atoms with E-state index in [1.165, 1.54) is 5.69 Å². The number of nitrogens with zero attached hydrogens (tertiary/aromatic N) is 2. The first-order valence-corrected chi connectivity index (χ1v) is 10.0. The van der Waals surface area contributed by atoms with E-state index in [0.717, 1.165) is 48.3 Å². The average Bonchev–Trinajstić information content (AvgIpc) is 2.68. The molecule has 0 aliphatic heterocycles. The van der Waals surface area contributed by atoms with Gasteiger partial charge in [-0.25, -0.2) is 5.43 Å². The van der Waals surface area contributed by atoms with Gasteiger partial charge in [0.2, 0.25) is 0 Å². The van der Waals surface area contributed by atoms with Crippen LogP contribution in [0.4, 0.5) is 11.4 Å². The van der Waals surface area contributed by atoms with Crippen LogP contribution < -0.4 is 15.6 Å². The number of hydrogen-bond donors (Lipinski definition) is 2. The van der Waals surface area contributed by atoms with Gasteiger partial charge in [0.15, 0.2) is 0 Å². The molecule has 1 amide bonds. The van der Waals surface area contributed by atoms with Crippen molar-refractivity contribution in [2.75, 3.05) is 29.9 Å². The number of carbonyl (C=O) groups is 1. The molecule has 0 saturated heterocycles. The van der Waals surface area contributed by atoms with Crippen molar-refractivity contribution < 1.29 is 4.79 Å². The van der Waals surface area contributed by atoms with Crippen molar-refractivity contribution in [1.29, 1.82) is 0 Å². The van der Waals surface area contributed by atoms with E-state index in [1.54, 1.807) is 6.21 Å². The zero-order valence-electron chi connectivity index (χ0n) is 17.5. The van der Waals surface area contributed by atoms with Gasteiger partial charge in [-0.2, -0.15) is 5.10 Å². The summed E-state index contributed by atoms with van der Waals surface area (Å²) in [4.78, 5) is 14.4. The predicted molar refractivity (Wildman–Crippen MR) is 119 cm³/mol. The SMILES string of the molecule is CCCN(CCC)c1ccc(C=NNC(=O)CNc2c(C)cccc2C)cc1. The monoisotopic (exact) mass is 380 g/mol. The van der Waals surface area contributed by atoms with E-state index >= 15 is 0 Å². The topological polar surface area (TPSA) is 56.7 Å². The minimum Gasteiger partial charge on any atom is -0.376 e. The minimum absolute atomic E-state index is 0.174. The molecule has 5 nitrogen and oxygen atoms in total. The van der Waals surface area contributed by atoms with Crippen LogP contribution in [0.1, 0.15) is 43.4 Å². The second kappa shape index (κ2) is 11.1. The van der Waals surface area contributed by atoms with Crippen molar-refractivity contribution in [2.45, 2.75) is 40.5 Å². The van der Waals surface area contributed by atoms with E-state index in [-0.39, 0.29) is 12.5 Å². The van der Waals surface area contributed by atoms with E-state index in [9.17, 15) is 4.79 Å². The van der Waals surface area contributed by atoms with E-state index in [4.69, 9.17) is 0 Å². The highest BCUT2D eigenvalue weighted by molar-refractivity contribution is 5.84. The molecule has 5 heteroatoms. The largest absolute Gasteiger partial charge is 0.376 e. The van der Waals surface area contributed by atoms with Crippen molar-refractivity contribution in [3.8, 4) is 0 Å². The lowest BCUT2D eigenvalue weighted by Crippen LogP contribution is -2.26. The lowest BCUT2D eigenvalue weighted by molar-refractivity contribution is -0.119. The van der Waals surface area contributed by atoms with Crippen LogP contribution in [0.25, 0.3) is 0 Å². The molecular weight excluding hydrogens is 348 g/mol. The van der Waals surface area contributed by atoms with Crippen molar-refractivity contribution in [3.05, 3.63) is 59.2 Å². The fourth-order valence-electron chi connectivity index (χ4n) is 3.16. The van der Waals surface area contributed by atoms with Crippen molar-refractivity contribution in [1.82, 2.24) is 5.43 Å². The van der Waals surface area contributed by atoms with E-state index in [2.05, 4.69) is 46.7 Å². The van der Waals surface area contributed by atoms with Gasteiger partial charge in [-0.05, 0) is 55.5 Å². The Morgan fingerprint density at radius 3 is 2.18 bits per heavy atom. The number of amides is 1. The van der Waals surface area contributed by atoms with Gasteiger partial charge in [0, 0.05) is 24.5 Å². The predicted octanol–water partition coefficient (Wildman–Crippen LogP) is 4.49. The Bertz CT molecular complexity index is 757. The van der Waals surface area contributed by atoms with Crippen molar-refractivity contribution in [3.63, 3.8) is 0 Å². The standard InChI is InChI=1S/C23H32N4O/c1-5-14-27(15-6-2)21-12-10-20(11-13-21)16-25-26-22(28)17-24-23-18(3)8-7-9-19(23)4/h7-13,16,24H,5-6,14-15,17H2,1-4H3,(H,26,28). The molecule has 28 heavy (non-hydrogen) atoms. The maximum absolute atomic E-state index is 12.0. The number of rotatable bonds is 10. The molecule has 2 aromatic rings. The van der Waals surface area contributed by atoms with Crippen LogP contribution in [0.5, 0.6) is 0 Å². The number of anilines is 2. The Kier molecular flexibility index (Phi) is 8.53. The zero-order chi connectivity index (χ0) is 20.4. The molecular formula is C23H32N4O. The summed E-state index contributed by atoms with van der Waals surface area (Å²) < 4.78 is 0. The normalized spacial score (nSPS) is 10.9. The third-order valence-electron chi connectivity index (χ3n) is 4.56. The molecule has 0 aromatic heterocycles. The smallest absolute Gasteiger partial charge is 0.259 e. The summed E-state index contributed by atoms with van der Waals surface area (Å²) in [5.74, 6) is -0.174. The number of nitrogens with one attached hydrogen (secondary N) is 2. The van der Waals surface area contributed by atoms with Crippen LogP contribution in [-0.2, 0) is 4.79 Å². The quantitative estimate of drug-likeness (QED) is 0.472. The van der Waals surface area contributed by atoms with E-state index in [1.807, 2.05) is 44.2 Å². The fourth-order valence-corrected chi connectivity index (χ4v) is 3.16. The Balaban J connectivity index is 1.85. The van der Waals surface area contributed by atoms with Gasteiger partial charge in [0.25, 0.3) is 5.91 Å². The number of para-hydroxylation sites is 1. The van der Waals surface area contributed by atoms with Crippen LogP contribution in [-0.4, -0.2) is 31.8 Å². The Hall–Kier alpha value is -2.82. The molecule has 0 atom stereocenters. The highest BCUT2D eigenvalue weighted by atomic mass is 16.2. The lowest BCUT2D eigenvalue weighted by Gasteiger charge is -2.23.